The Bertz CT molecular complexity index is 555. The van der Waals surface area contributed by atoms with Crippen LogP contribution in [0, 0.1) is 0 Å². The first-order valence-electron chi connectivity index (χ1n) is 6.80. The van der Waals surface area contributed by atoms with Gasteiger partial charge in [-0.1, -0.05) is 20.8 Å². The summed E-state index contributed by atoms with van der Waals surface area (Å²) in [4.78, 5) is 30.0. The molecule has 0 saturated carbocycles. The van der Waals surface area contributed by atoms with Gasteiger partial charge in [0.15, 0.2) is 5.78 Å². The molecule has 0 unspecified atom stereocenters. The topological polar surface area (TPSA) is 50.3 Å². The summed E-state index contributed by atoms with van der Waals surface area (Å²) in [6.07, 6.45) is 2.91. The summed E-state index contributed by atoms with van der Waals surface area (Å²) in [7, 11) is 0. The van der Waals surface area contributed by atoms with E-state index >= 15 is 0 Å². The van der Waals surface area contributed by atoms with Crippen LogP contribution < -0.4 is 4.90 Å². The van der Waals surface area contributed by atoms with Crippen LogP contribution >= 0.6 is 11.6 Å². The lowest BCUT2D eigenvalue weighted by Crippen LogP contribution is -2.34. The Kier molecular flexibility index (Phi) is 4.14. The number of alkyl halides is 1. The molecule has 0 fully saturated rings. The normalized spacial score (nSPS) is 16.1. The minimum absolute atomic E-state index is 0.0609. The highest BCUT2D eigenvalue weighted by atomic mass is 35.5. The molecule has 0 spiro atoms. The SMILES string of the molecule is CCCC(=O)c1cnc2c(c1)N(C(=O)CCl)CC2(C)C. The van der Waals surface area contributed by atoms with Gasteiger partial charge < -0.3 is 4.90 Å². The summed E-state index contributed by atoms with van der Waals surface area (Å²) in [6.45, 7) is 6.58. The zero-order valence-corrected chi connectivity index (χ0v) is 12.8. The molecule has 2 rings (SSSR count). The number of Topliss-reactive ketones (excluding diaryl/α,β-unsaturated/α-hetero) is 1. The van der Waals surface area contributed by atoms with E-state index in [0.29, 0.717) is 18.5 Å². The van der Waals surface area contributed by atoms with Crippen LogP contribution in [0.25, 0.3) is 0 Å². The van der Waals surface area contributed by atoms with E-state index in [2.05, 4.69) is 4.98 Å². The first-order valence-corrected chi connectivity index (χ1v) is 7.34. The number of anilines is 1. The van der Waals surface area contributed by atoms with Crippen LogP contribution in [0.15, 0.2) is 12.3 Å². The fourth-order valence-electron chi connectivity index (χ4n) is 2.55. The van der Waals surface area contributed by atoms with Crippen molar-refractivity contribution < 1.29 is 9.59 Å². The van der Waals surface area contributed by atoms with Gasteiger partial charge >= 0.3 is 0 Å². The number of halogens is 1. The van der Waals surface area contributed by atoms with Gasteiger partial charge in [-0.3, -0.25) is 14.6 Å². The van der Waals surface area contributed by atoms with E-state index in [1.54, 1.807) is 17.2 Å². The Hall–Kier alpha value is -1.42. The number of carbonyl (C=O) groups excluding carboxylic acids is 2. The third-order valence-electron chi connectivity index (χ3n) is 3.57. The molecule has 1 aliphatic rings. The molecule has 108 valence electrons. The maximum absolute atomic E-state index is 12.0. The molecule has 0 radical (unpaired) electrons. The van der Waals surface area contributed by atoms with Crippen molar-refractivity contribution in [1.29, 1.82) is 0 Å². The van der Waals surface area contributed by atoms with Gasteiger partial charge in [0.2, 0.25) is 5.91 Å². The van der Waals surface area contributed by atoms with E-state index in [1.807, 2.05) is 20.8 Å². The second-order valence-corrected chi connectivity index (χ2v) is 6.03. The van der Waals surface area contributed by atoms with Gasteiger partial charge in [-0.2, -0.15) is 0 Å². The van der Waals surface area contributed by atoms with Crippen molar-refractivity contribution in [2.45, 2.75) is 39.0 Å². The minimum atomic E-state index is -0.219. The van der Waals surface area contributed by atoms with Crippen LogP contribution in [-0.4, -0.2) is 29.1 Å². The van der Waals surface area contributed by atoms with Crippen LogP contribution in [-0.2, 0) is 10.2 Å². The minimum Gasteiger partial charge on any atom is -0.309 e. The summed E-state index contributed by atoms with van der Waals surface area (Å²) < 4.78 is 0. The highest BCUT2D eigenvalue weighted by molar-refractivity contribution is 6.29. The molecule has 2 heterocycles. The van der Waals surface area contributed by atoms with Gasteiger partial charge in [-0.15, -0.1) is 11.6 Å². The first-order chi connectivity index (χ1) is 9.40. The smallest absolute Gasteiger partial charge is 0.241 e. The van der Waals surface area contributed by atoms with Gasteiger partial charge in [0.1, 0.15) is 5.88 Å². The average Bonchev–Trinajstić information content (AvgIpc) is 2.70. The molecule has 1 amide bonds. The quantitative estimate of drug-likeness (QED) is 0.634. The summed E-state index contributed by atoms with van der Waals surface area (Å²) in [5, 5.41) is 0. The molecule has 0 aromatic carbocycles. The number of carbonyl (C=O) groups is 2. The lowest BCUT2D eigenvalue weighted by molar-refractivity contribution is -0.116. The molecule has 0 bridgehead atoms. The summed E-state index contributed by atoms with van der Waals surface area (Å²) >= 11 is 5.67. The highest BCUT2D eigenvalue weighted by Crippen LogP contribution is 2.39. The predicted octanol–water partition coefficient (Wildman–Crippen LogP) is 2.93. The average molecular weight is 295 g/mol. The van der Waals surface area contributed by atoms with E-state index in [4.69, 9.17) is 11.6 Å². The zero-order valence-electron chi connectivity index (χ0n) is 12.1. The van der Waals surface area contributed by atoms with Crippen LogP contribution in [0.5, 0.6) is 0 Å². The van der Waals surface area contributed by atoms with Gasteiger partial charge in [0, 0.05) is 30.1 Å². The first kappa shape index (κ1) is 15.0. The number of amides is 1. The van der Waals surface area contributed by atoms with Crippen LogP contribution in [0.2, 0.25) is 0 Å². The van der Waals surface area contributed by atoms with E-state index in [9.17, 15) is 9.59 Å². The molecule has 0 aliphatic carbocycles. The molecule has 5 heteroatoms. The number of hydrogen-bond donors (Lipinski definition) is 0. The summed E-state index contributed by atoms with van der Waals surface area (Å²) in [5.41, 5.74) is 1.92. The predicted molar refractivity (Wildman–Crippen MR) is 79.6 cm³/mol. The molecule has 1 aromatic rings. The van der Waals surface area contributed by atoms with Crippen molar-refractivity contribution >= 4 is 29.0 Å². The number of fused-ring (bicyclic) bond motifs is 1. The fraction of sp³-hybridized carbons (Fsp3) is 0.533. The van der Waals surface area contributed by atoms with Crippen LogP contribution in [0.3, 0.4) is 0 Å². The Balaban J connectivity index is 2.45. The standard InChI is InChI=1S/C15H19ClN2O2/c1-4-5-12(19)10-6-11-14(17-8-10)15(2,3)9-18(11)13(20)7-16/h6,8H,4-5,7,9H2,1-3H3. The third-order valence-corrected chi connectivity index (χ3v) is 3.80. The van der Waals surface area contributed by atoms with E-state index in [1.165, 1.54) is 0 Å². The van der Waals surface area contributed by atoms with Crippen molar-refractivity contribution in [2.24, 2.45) is 0 Å². The second kappa shape index (κ2) is 5.52. The number of rotatable bonds is 4. The molecular weight excluding hydrogens is 276 g/mol. The van der Waals surface area contributed by atoms with Crippen molar-refractivity contribution in [3.8, 4) is 0 Å². The van der Waals surface area contributed by atoms with Gasteiger partial charge in [0.05, 0.1) is 11.4 Å². The van der Waals surface area contributed by atoms with Crippen molar-refractivity contribution in [2.75, 3.05) is 17.3 Å². The summed E-state index contributed by atoms with van der Waals surface area (Å²) in [5.74, 6) is -0.158. The molecule has 0 saturated heterocycles. The second-order valence-electron chi connectivity index (χ2n) is 5.76. The molecule has 4 nitrogen and oxygen atoms in total. The fourth-order valence-corrected chi connectivity index (χ4v) is 2.70. The molecule has 0 N–H and O–H groups in total. The van der Waals surface area contributed by atoms with E-state index in [0.717, 1.165) is 17.8 Å². The number of hydrogen-bond acceptors (Lipinski definition) is 3. The monoisotopic (exact) mass is 294 g/mol. The van der Waals surface area contributed by atoms with Crippen LogP contribution in [0.4, 0.5) is 5.69 Å². The summed E-state index contributed by atoms with van der Waals surface area (Å²) in [6, 6.07) is 1.78. The Labute approximate surface area is 124 Å². The molecule has 1 aromatic heterocycles. The van der Waals surface area contributed by atoms with E-state index in [-0.39, 0.29) is 23.0 Å². The molecule has 1 aliphatic heterocycles. The van der Waals surface area contributed by atoms with Crippen molar-refractivity contribution in [1.82, 2.24) is 4.98 Å². The highest BCUT2D eigenvalue weighted by Gasteiger charge is 2.39. The van der Waals surface area contributed by atoms with E-state index < -0.39 is 0 Å². The molecule has 0 atom stereocenters. The lowest BCUT2D eigenvalue weighted by Gasteiger charge is -2.19. The van der Waals surface area contributed by atoms with Gasteiger partial charge in [0.25, 0.3) is 0 Å². The number of aromatic nitrogens is 1. The maximum atomic E-state index is 12.0. The van der Waals surface area contributed by atoms with Crippen LogP contribution in [0.1, 0.15) is 49.7 Å². The maximum Gasteiger partial charge on any atom is 0.241 e. The largest absolute Gasteiger partial charge is 0.309 e. The molecule has 20 heavy (non-hydrogen) atoms. The van der Waals surface area contributed by atoms with Gasteiger partial charge in [-0.05, 0) is 12.5 Å². The zero-order chi connectivity index (χ0) is 14.9. The number of pyridine rings is 1. The number of nitrogens with zero attached hydrogens (tertiary/aromatic N) is 2. The van der Waals surface area contributed by atoms with Gasteiger partial charge in [-0.25, -0.2) is 0 Å². The Morgan fingerprint density at radius 1 is 1.45 bits per heavy atom. The Morgan fingerprint density at radius 3 is 2.75 bits per heavy atom. The van der Waals surface area contributed by atoms with Crippen molar-refractivity contribution in [3.05, 3.63) is 23.5 Å². The molecular formula is C15H19ClN2O2. The number of ketones is 1. The Morgan fingerprint density at radius 2 is 2.15 bits per heavy atom. The lowest BCUT2D eigenvalue weighted by atomic mass is 9.91. The third kappa shape index (κ3) is 2.57. The van der Waals surface area contributed by atoms with Crippen molar-refractivity contribution in [3.63, 3.8) is 0 Å².